The van der Waals surface area contributed by atoms with Gasteiger partial charge in [-0.05, 0) is 53.3 Å². The Labute approximate surface area is 277 Å². The zero-order valence-corrected chi connectivity index (χ0v) is 26.3. The number of carbonyl (C=O) groups excluding carboxylic acids is 3. The van der Waals surface area contributed by atoms with Crippen molar-refractivity contribution < 1.29 is 19.3 Å². The van der Waals surface area contributed by atoms with Gasteiger partial charge in [0.1, 0.15) is 0 Å². The number of nitrogens with zero attached hydrogens (tertiary/aromatic N) is 2. The zero-order chi connectivity index (χ0) is 33.4. The molecule has 3 aliphatic rings. The van der Waals surface area contributed by atoms with Gasteiger partial charge in [-0.1, -0.05) is 126 Å². The molecule has 1 saturated carbocycles. The number of Topliss-reactive ketones (excluding diaryl/α,β-unsaturated/α-hetero) is 1. The Morgan fingerprint density at radius 2 is 1.02 bits per heavy atom. The van der Waals surface area contributed by atoms with Crippen LogP contribution in [0.15, 0.2) is 133 Å². The van der Waals surface area contributed by atoms with Gasteiger partial charge in [0.05, 0.1) is 33.3 Å². The molecule has 0 radical (unpaired) electrons. The van der Waals surface area contributed by atoms with E-state index in [-0.39, 0.29) is 17.2 Å². The SMILES string of the molecule is Cc1ccc(C2=C(c3ccc(C)cc3)[C@@]3(c4ccccc4)C(=O)[C@@]2(c2ccccc2)[C@H]2C(=O)N(c4cccc([N+](=O)[O-])c4)C(=O)[C@@H]23)cc1. The summed E-state index contributed by atoms with van der Waals surface area (Å²) in [6, 6.07) is 40.1. The highest BCUT2D eigenvalue weighted by Crippen LogP contribution is 2.74. The number of allylic oxidation sites excluding steroid dienone is 2. The van der Waals surface area contributed by atoms with Crippen LogP contribution in [-0.4, -0.2) is 22.5 Å². The summed E-state index contributed by atoms with van der Waals surface area (Å²) >= 11 is 0. The van der Waals surface area contributed by atoms with Gasteiger partial charge in [0.15, 0.2) is 5.78 Å². The molecule has 4 atom stereocenters. The summed E-state index contributed by atoms with van der Waals surface area (Å²) in [5.41, 5.74) is 3.11. The molecule has 7 heteroatoms. The number of nitro benzene ring substituents is 1. The fraction of sp³-hybridized carbons (Fsp3) is 0.146. The number of fused-ring (bicyclic) bond motifs is 5. The van der Waals surface area contributed by atoms with Crippen LogP contribution < -0.4 is 4.90 Å². The van der Waals surface area contributed by atoms with Crippen LogP contribution in [0.2, 0.25) is 0 Å². The quantitative estimate of drug-likeness (QED) is 0.111. The van der Waals surface area contributed by atoms with Crippen LogP contribution in [0.3, 0.4) is 0 Å². The summed E-state index contributed by atoms with van der Waals surface area (Å²) in [5, 5.41) is 11.8. The molecule has 2 aliphatic carbocycles. The highest BCUT2D eigenvalue weighted by atomic mass is 16.6. The molecule has 0 aromatic heterocycles. The third-order valence-corrected chi connectivity index (χ3v) is 10.4. The van der Waals surface area contributed by atoms with E-state index in [2.05, 4.69) is 0 Å². The number of ketones is 1. The number of imide groups is 1. The fourth-order valence-electron chi connectivity index (χ4n) is 8.56. The molecular formula is C41H30N2O5. The Bertz CT molecular complexity index is 2060. The standard InChI is InChI=1S/C41H30N2O5/c1-25-16-20-27(21-17-25)33-34(28-22-18-26(2)19-23-28)41(30-12-7-4-8-13-30)36-35(40(33,39(41)46)29-10-5-3-6-11-29)37(44)42(38(36)45)31-14-9-15-32(24-31)43(47)48/h3-24,35-36H,1-2H3/t35-,36-,40-,41-/m1/s1. The molecular weight excluding hydrogens is 600 g/mol. The maximum atomic E-state index is 16.0. The van der Waals surface area contributed by atoms with Crippen LogP contribution in [0.25, 0.3) is 11.1 Å². The minimum atomic E-state index is -1.54. The Morgan fingerprint density at radius 1 is 0.583 bits per heavy atom. The summed E-state index contributed by atoms with van der Waals surface area (Å²) in [7, 11) is 0. The molecule has 2 bridgehead atoms. The lowest BCUT2D eigenvalue weighted by atomic mass is 9.59. The van der Waals surface area contributed by atoms with Gasteiger partial charge in [0.2, 0.25) is 11.8 Å². The van der Waals surface area contributed by atoms with Crippen LogP contribution in [0.4, 0.5) is 11.4 Å². The average Bonchev–Trinajstić information content (AvgIpc) is 3.62. The first-order valence-corrected chi connectivity index (χ1v) is 15.9. The van der Waals surface area contributed by atoms with Crippen LogP contribution in [0.1, 0.15) is 33.4 Å². The first kappa shape index (κ1) is 29.5. The van der Waals surface area contributed by atoms with Gasteiger partial charge in [-0.3, -0.25) is 24.5 Å². The molecule has 1 heterocycles. The van der Waals surface area contributed by atoms with E-state index in [1.54, 1.807) is 0 Å². The van der Waals surface area contributed by atoms with Crippen molar-refractivity contribution in [3.63, 3.8) is 0 Å². The lowest BCUT2D eigenvalue weighted by molar-refractivity contribution is -0.384. The predicted octanol–water partition coefficient (Wildman–Crippen LogP) is 7.40. The Kier molecular flexibility index (Phi) is 6.47. The van der Waals surface area contributed by atoms with Crippen LogP contribution >= 0.6 is 0 Å². The van der Waals surface area contributed by atoms with Crippen molar-refractivity contribution in [2.75, 3.05) is 4.90 Å². The van der Waals surface area contributed by atoms with Crippen molar-refractivity contribution >= 4 is 40.1 Å². The maximum absolute atomic E-state index is 16.0. The second kappa shape index (κ2) is 10.5. The normalized spacial score (nSPS) is 24.4. The van der Waals surface area contributed by atoms with Crippen molar-refractivity contribution in [3.8, 4) is 0 Å². The first-order valence-electron chi connectivity index (χ1n) is 15.9. The molecule has 0 N–H and O–H groups in total. The molecule has 5 aromatic carbocycles. The van der Waals surface area contributed by atoms with E-state index in [1.165, 1.54) is 24.3 Å². The summed E-state index contributed by atoms with van der Waals surface area (Å²) < 4.78 is 0. The van der Waals surface area contributed by atoms with Crippen molar-refractivity contribution in [3.05, 3.63) is 177 Å². The number of hydrogen-bond acceptors (Lipinski definition) is 5. The number of anilines is 1. The first-order chi connectivity index (χ1) is 23.2. The number of amides is 2. The van der Waals surface area contributed by atoms with E-state index in [9.17, 15) is 10.1 Å². The van der Waals surface area contributed by atoms with Crippen molar-refractivity contribution in [2.24, 2.45) is 11.8 Å². The number of nitro groups is 1. The van der Waals surface area contributed by atoms with Crippen LogP contribution in [0, 0.1) is 35.8 Å². The average molecular weight is 631 g/mol. The third kappa shape index (κ3) is 3.72. The van der Waals surface area contributed by atoms with Gasteiger partial charge in [0, 0.05) is 12.1 Å². The van der Waals surface area contributed by atoms with Gasteiger partial charge in [-0.25, -0.2) is 4.90 Å². The number of benzene rings is 5. The van der Waals surface area contributed by atoms with Crippen LogP contribution in [0.5, 0.6) is 0 Å². The van der Waals surface area contributed by atoms with E-state index in [1.807, 2.05) is 123 Å². The molecule has 1 saturated heterocycles. The number of hydrogen-bond donors (Lipinski definition) is 0. The molecule has 48 heavy (non-hydrogen) atoms. The Balaban J connectivity index is 1.54. The van der Waals surface area contributed by atoms with Crippen LogP contribution in [-0.2, 0) is 25.2 Å². The molecule has 7 nitrogen and oxygen atoms in total. The molecule has 234 valence electrons. The van der Waals surface area contributed by atoms with Gasteiger partial charge in [-0.15, -0.1) is 0 Å². The topological polar surface area (TPSA) is 97.6 Å². The number of rotatable bonds is 6. The molecule has 1 aliphatic heterocycles. The van der Waals surface area contributed by atoms with E-state index in [4.69, 9.17) is 0 Å². The Hall–Kier alpha value is -5.95. The summed E-state index contributed by atoms with van der Waals surface area (Å²) in [5.74, 6) is -3.52. The third-order valence-electron chi connectivity index (χ3n) is 10.4. The van der Waals surface area contributed by atoms with E-state index >= 15 is 14.4 Å². The molecule has 0 spiro atoms. The lowest BCUT2D eigenvalue weighted by Gasteiger charge is -2.39. The van der Waals surface area contributed by atoms with E-state index < -0.39 is 39.4 Å². The fourth-order valence-corrected chi connectivity index (χ4v) is 8.56. The smallest absolute Gasteiger partial charge is 0.271 e. The number of aryl methyl sites for hydroxylation is 2. The Morgan fingerprint density at radius 3 is 1.44 bits per heavy atom. The van der Waals surface area contributed by atoms with Crippen molar-refractivity contribution in [1.82, 2.24) is 0 Å². The number of non-ortho nitro benzene ring substituents is 1. The zero-order valence-electron chi connectivity index (χ0n) is 26.3. The molecule has 8 rings (SSSR count). The molecule has 2 fully saturated rings. The highest BCUT2D eigenvalue weighted by Gasteiger charge is 2.82. The van der Waals surface area contributed by atoms with E-state index in [0.29, 0.717) is 22.3 Å². The van der Waals surface area contributed by atoms with Gasteiger partial charge in [-0.2, -0.15) is 0 Å². The molecule has 5 aromatic rings. The maximum Gasteiger partial charge on any atom is 0.271 e. The van der Waals surface area contributed by atoms with Crippen molar-refractivity contribution in [2.45, 2.75) is 24.7 Å². The minimum Gasteiger partial charge on any atom is -0.297 e. The number of carbonyl (C=O) groups is 3. The minimum absolute atomic E-state index is 0.112. The lowest BCUT2D eigenvalue weighted by Crippen LogP contribution is -2.45. The van der Waals surface area contributed by atoms with Gasteiger partial charge < -0.3 is 0 Å². The molecule has 2 amide bonds. The second-order valence-electron chi connectivity index (χ2n) is 12.9. The monoisotopic (exact) mass is 630 g/mol. The summed E-state index contributed by atoms with van der Waals surface area (Å²) in [4.78, 5) is 58.3. The van der Waals surface area contributed by atoms with Crippen molar-refractivity contribution in [1.29, 1.82) is 0 Å². The second-order valence-corrected chi connectivity index (χ2v) is 12.9. The van der Waals surface area contributed by atoms with Gasteiger partial charge >= 0.3 is 0 Å². The summed E-state index contributed by atoms with van der Waals surface area (Å²) in [6.45, 7) is 3.99. The predicted molar refractivity (Wildman–Crippen MR) is 183 cm³/mol. The van der Waals surface area contributed by atoms with E-state index in [0.717, 1.165) is 27.2 Å². The summed E-state index contributed by atoms with van der Waals surface area (Å²) in [6.07, 6.45) is 0. The van der Waals surface area contributed by atoms with Gasteiger partial charge in [0.25, 0.3) is 5.69 Å². The largest absolute Gasteiger partial charge is 0.297 e. The molecule has 0 unspecified atom stereocenters. The highest BCUT2D eigenvalue weighted by molar-refractivity contribution is 6.39.